The molecule has 1 fully saturated rings. The summed E-state index contributed by atoms with van der Waals surface area (Å²) in [4.78, 5) is 24.9. The van der Waals surface area contributed by atoms with Crippen LogP contribution in [0.1, 0.15) is 15.9 Å². The Bertz CT molecular complexity index is 902. The number of nitrogens with zero attached hydrogens (tertiary/aromatic N) is 2. The number of hydrogen-bond acceptors (Lipinski definition) is 7. The summed E-state index contributed by atoms with van der Waals surface area (Å²) in [5.74, 6) is -0.811. The molecule has 0 amide bonds. The summed E-state index contributed by atoms with van der Waals surface area (Å²) in [7, 11) is 1.30. The Hall–Kier alpha value is -3.39. The first kappa shape index (κ1) is 19.4. The fraction of sp³-hybridized carbons (Fsp3) is 0.250. The van der Waals surface area contributed by atoms with Crippen molar-refractivity contribution in [3.8, 4) is 11.5 Å². The van der Waals surface area contributed by atoms with Crippen molar-refractivity contribution in [3.05, 3.63) is 63.7 Å². The zero-order valence-corrected chi connectivity index (χ0v) is 15.3. The minimum absolute atomic E-state index is 0.0313. The van der Waals surface area contributed by atoms with Crippen molar-refractivity contribution in [2.45, 2.75) is 0 Å². The maximum absolute atomic E-state index is 12.4. The van der Waals surface area contributed by atoms with E-state index in [1.165, 1.54) is 31.4 Å². The highest BCUT2D eigenvalue weighted by atomic mass is 16.6. The summed E-state index contributed by atoms with van der Waals surface area (Å²) in [6.45, 7) is 3.00. The van der Waals surface area contributed by atoms with Crippen LogP contribution in [0.4, 0.5) is 11.4 Å². The Morgan fingerprint density at radius 2 is 1.93 bits per heavy atom. The molecule has 0 atom stereocenters. The molecule has 146 valence electrons. The van der Waals surface area contributed by atoms with Gasteiger partial charge in [0.2, 0.25) is 5.75 Å². The predicted molar refractivity (Wildman–Crippen MR) is 104 cm³/mol. The van der Waals surface area contributed by atoms with E-state index in [0.29, 0.717) is 24.3 Å². The van der Waals surface area contributed by atoms with Gasteiger partial charge in [-0.05, 0) is 42.0 Å². The molecule has 2 aromatic carbocycles. The lowest BCUT2D eigenvalue weighted by Crippen LogP contribution is -2.36. The second-order valence-corrected chi connectivity index (χ2v) is 6.19. The van der Waals surface area contributed by atoms with Crippen LogP contribution in [0.25, 0.3) is 6.08 Å². The molecule has 1 aliphatic heterocycles. The van der Waals surface area contributed by atoms with Gasteiger partial charge < -0.3 is 19.5 Å². The van der Waals surface area contributed by atoms with E-state index in [2.05, 4.69) is 4.90 Å². The predicted octanol–water partition coefficient (Wildman–Crippen LogP) is 3.04. The van der Waals surface area contributed by atoms with Gasteiger partial charge >= 0.3 is 5.69 Å². The summed E-state index contributed by atoms with van der Waals surface area (Å²) < 4.78 is 10.3. The van der Waals surface area contributed by atoms with Crippen LogP contribution in [0.2, 0.25) is 0 Å². The van der Waals surface area contributed by atoms with Gasteiger partial charge in [-0.2, -0.15) is 0 Å². The molecule has 1 N–H and O–H groups in total. The maximum Gasteiger partial charge on any atom is 0.315 e. The summed E-state index contributed by atoms with van der Waals surface area (Å²) in [5.41, 5.74) is 1.43. The highest BCUT2D eigenvalue weighted by Gasteiger charge is 2.19. The SMILES string of the molecule is COc1cc(/C=C/C(=O)c2ccc(N3CCOCC3)cc2)cc([N+](=O)[O-])c1O. The number of nitro groups is 1. The molecule has 0 bridgehead atoms. The quantitative estimate of drug-likeness (QED) is 0.353. The molecule has 0 radical (unpaired) electrons. The Morgan fingerprint density at radius 3 is 2.54 bits per heavy atom. The zero-order valence-electron chi connectivity index (χ0n) is 15.3. The second kappa shape index (κ2) is 8.53. The number of anilines is 1. The lowest BCUT2D eigenvalue weighted by molar-refractivity contribution is -0.386. The van der Waals surface area contributed by atoms with Gasteiger partial charge in [0.05, 0.1) is 25.2 Å². The van der Waals surface area contributed by atoms with E-state index < -0.39 is 16.4 Å². The van der Waals surface area contributed by atoms with Crippen LogP contribution in [0.5, 0.6) is 11.5 Å². The van der Waals surface area contributed by atoms with E-state index in [9.17, 15) is 20.0 Å². The van der Waals surface area contributed by atoms with Crippen molar-refractivity contribution >= 4 is 23.2 Å². The summed E-state index contributed by atoms with van der Waals surface area (Å²) in [5, 5.41) is 20.9. The minimum atomic E-state index is -0.707. The molecule has 0 aliphatic carbocycles. The first-order chi connectivity index (χ1) is 13.5. The number of nitro benzene ring substituents is 1. The number of morpholine rings is 1. The highest BCUT2D eigenvalue weighted by Crippen LogP contribution is 2.37. The number of allylic oxidation sites excluding steroid dienone is 1. The minimum Gasteiger partial charge on any atom is -0.500 e. The van der Waals surface area contributed by atoms with Crippen LogP contribution < -0.4 is 9.64 Å². The second-order valence-electron chi connectivity index (χ2n) is 6.19. The van der Waals surface area contributed by atoms with Gasteiger partial charge in [-0.1, -0.05) is 6.08 Å². The lowest BCUT2D eigenvalue weighted by Gasteiger charge is -2.28. The zero-order chi connectivity index (χ0) is 20.1. The molecule has 3 rings (SSSR count). The largest absolute Gasteiger partial charge is 0.500 e. The number of benzene rings is 2. The molecular weight excluding hydrogens is 364 g/mol. The Morgan fingerprint density at radius 1 is 1.25 bits per heavy atom. The first-order valence-corrected chi connectivity index (χ1v) is 8.70. The molecule has 0 unspecified atom stereocenters. The Labute approximate surface area is 161 Å². The highest BCUT2D eigenvalue weighted by molar-refractivity contribution is 6.07. The number of rotatable bonds is 6. The number of methoxy groups -OCH3 is 1. The normalized spacial score (nSPS) is 14.2. The van der Waals surface area contributed by atoms with Gasteiger partial charge in [0.15, 0.2) is 11.5 Å². The number of aromatic hydroxyl groups is 1. The molecule has 2 aromatic rings. The van der Waals surface area contributed by atoms with Crippen molar-refractivity contribution in [3.63, 3.8) is 0 Å². The van der Waals surface area contributed by atoms with Gasteiger partial charge in [0, 0.05) is 30.4 Å². The maximum atomic E-state index is 12.4. The number of phenolic OH excluding ortho intramolecular Hbond substituents is 1. The van der Waals surface area contributed by atoms with Gasteiger partial charge in [-0.15, -0.1) is 0 Å². The third-order valence-electron chi connectivity index (χ3n) is 4.45. The smallest absolute Gasteiger partial charge is 0.315 e. The fourth-order valence-corrected chi connectivity index (χ4v) is 2.93. The molecule has 1 aliphatic rings. The molecule has 0 aromatic heterocycles. The topological polar surface area (TPSA) is 102 Å². The molecule has 1 saturated heterocycles. The third-order valence-corrected chi connectivity index (χ3v) is 4.45. The van der Waals surface area contributed by atoms with Crippen molar-refractivity contribution < 1.29 is 24.3 Å². The molecule has 0 saturated carbocycles. The molecular formula is C20H20N2O6. The average molecular weight is 384 g/mol. The molecule has 1 heterocycles. The third kappa shape index (κ3) is 4.29. The van der Waals surface area contributed by atoms with Crippen LogP contribution >= 0.6 is 0 Å². The number of hydrogen-bond donors (Lipinski definition) is 1. The number of ether oxygens (including phenoxy) is 2. The van der Waals surface area contributed by atoms with E-state index in [0.717, 1.165) is 18.8 Å². The molecule has 28 heavy (non-hydrogen) atoms. The number of carbonyl (C=O) groups excluding carboxylic acids is 1. The van der Waals surface area contributed by atoms with Gasteiger partial charge in [-0.3, -0.25) is 14.9 Å². The van der Waals surface area contributed by atoms with Crippen LogP contribution in [-0.4, -0.2) is 49.2 Å². The summed E-state index contributed by atoms with van der Waals surface area (Å²) in [6, 6.07) is 9.88. The van der Waals surface area contributed by atoms with Crippen molar-refractivity contribution in [2.75, 3.05) is 38.3 Å². The van der Waals surface area contributed by atoms with Gasteiger partial charge in [0.1, 0.15) is 0 Å². The average Bonchev–Trinajstić information content (AvgIpc) is 2.73. The number of ketones is 1. The van der Waals surface area contributed by atoms with E-state index in [1.54, 1.807) is 12.1 Å². The van der Waals surface area contributed by atoms with Crippen LogP contribution in [0.3, 0.4) is 0 Å². The van der Waals surface area contributed by atoms with E-state index in [1.807, 2.05) is 12.1 Å². The first-order valence-electron chi connectivity index (χ1n) is 8.70. The Kier molecular flexibility index (Phi) is 5.90. The van der Waals surface area contributed by atoms with Crippen molar-refractivity contribution in [1.82, 2.24) is 0 Å². The molecule has 0 spiro atoms. The van der Waals surface area contributed by atoms with Gasteiger partial charge in [0.25, 0.3) is 0 Å². The standard InChI is InChI=1S/C20H20N2O6/c1-27-19-13-14(12-17(20(19)24)22(25)26)2-7-18(23)15-3-5-16(6-4-15)21-8-10-28-11-9-21/h2-7,12-13,24H,8-11H2,1H3/b7-2+. The number of carbonyl (C=O) groups is 1. The summed E-state index contributed by atoms with van der Waals surface area (Å²) in [6.07, 6.45) is 2.78. The Balaban J connectivity index is 1.76. The summed E-state index contributed by atoms with van der Waals surface area (Å²) >= 11 is 0. The fourth-order valence-electron chi connectivity index (χ4n) is 2.93. The van der Waals surface area contributed by atoms with Crippen LogP contribution in [0.15, 0.2) is 42.5 Å². The van der Waals surface area contributed by atoms with E-state index in [-0.39, 0.29) is 11.5 Å². The van der Waals surface area contributed by atoms with E-state index in [4.69, 9.17) is 9.47 Å². The number of phenols is 1. The van der Waals surface area contributed by atoms with E-state index >= 15 is 0 Å². The lowest BCUT2D eigenvalue weighted by atomic mass is 10.1. The van der Waals surface area contributed by atoms with Crippen molar-refractivity contribution in [1.29, 1.82) is 0 Å². The monoisotopic (exact) mass is 384 g/mol. The van der Waals surface area contributed by atoms with Crippen LogP contribution in [0, 0.1) is 10.1 Å². The molecule has 8 nitrogen and oxygen atoms in total. The van der Waals surface area contributed by atoms with Gasteiger partial charge in [-0.25, -0.2) is 0 Å². The molecule has 8 heteroatoms. The van der Waals surface area contributed by atoms with Crippen LogP contribution in [-0.2, 0) is 4.74 Å². The van der Waals surface area contributed by atoms with Crippen molar-refractivity contribution in [2.24, 2.45) is 0 Å².